The third kappa shape index (κ3) is 4.25. The van der Waals surface area contributed by atoms with Crippen LogP contribution in [0.15, 0.2) is 53.3 Å². The van der Waals surface area contributed by atoms with Crippen molar-refractivity contribution in [3.8, 4) is 16.6 Å². The monoisotopic (exact) mass is 412 g/mol. The van der Waals surface area contributed by atoms with Crippen molar-refractivity contribution >= 4 is 33.1 Å². The van der Waals surface area contributed by atoms with E-state index in [4.69, 9.17) is 5.26 Å². The van der Waals surface area contributed by atoms with Gasteiger partial charge in [0.1, 0.15) is 12.1 Å². The molecule has 0 amide bonds. The van der Waals surface area contributed by atoms with Crippen molar-refractivity contribution in [3.05, 3.63) is 63.7 Å². The minimum absolute atomic E-state index is 0.101. The highest BCUT2D eigenvalue weighted by Crippen LogP contribution is 2.32. The number of rotatable bonds is 5. The van der Waals surface area contributed by atoms with E-state index in [9.17, 15) is 0 Å². The lowest BCUT2D eigenvalue weighted by molar-refractivity contribution is 0.872. The third-order valence-corrected chi connectivity index (χ3v) is 5.72. The number of anilines is 1. The average Bonchev–Trinajstić information content (AvgIpc) is 3.12. The average molecular weight is 413 g/mol. The van der Waals surface area contributed by atoms with Crippen molar-refractivity contribution in [2.75, 3.05) is 5.32 Å². The Hall–Kier alpha value is -2.23. The Morgan fingerprint density at radius 1 is 1.12 bits per heavy atom. The number of aromatic nitrogens is 2. The summed E-state index contributed by atoms with van der Waals surface area (Å²) in [7, 11) is 0. The van der Waals surface area contributed by atoms with E-state index in [1.165, 1.54) is 5.56 Å². The fraction of sp³-hybridized carbons (Fsp3) is 0.211. The molecule has 0 aliphatic heterocycles. The standard InChI is InChI=1S/C19H17BrN4S/c1-12(10-21)17-7-8-18(25-17)16-9-19(23-11-22-16)24-13(2)14-3-5-15(20)6-4-14/h3-9,11-13H,1-2H3,(H,22,23,24). The first kappa shape index (κ1) is 17.6. The molecule has 2 heterocycles. The van der Waals surface area contributed by atoms with Crippen molar-refractivity contribution in [1.82, 2.24) is 9.97 Å². The number of nitriles is 1. The summed E-state index contributed by atoms with van der Waals surface area (Å²) >= 11 is 5.05. The number of hydrogen-bond acceptors (Lipinski definition) is 5. The topological polar surface area (TPSA) is 61.6 Å². The smallest absolute Gasteiger partial charge is 0.130 e. The number of nitrogens with zero attached hydrogens (tertiary/aromatic N) is 3. The fourth-order valence-electron chi connectivity index (χ4n) is 2.41. The molecule has 1 N–H and O–H groups in total. The van der Waals surface area contributed by atoms with Crippen LogP contribution in [0.25, 0.3) is 10.6 Å². The van der Waals surface area contributed by atoms with E-state index >= 15 is 0 Å². The minimum Gasteiger partial charge on any atom is -0.363 e. The first-order chi connectivity index (χ1) is 12.1. The molecule has 0 spiro atoms. The van der Waals surface area contributed by atoms with Crippen molar-refractivity contribution in [3.63, 3.8) is 0 Å². The predicted octanol–water partition coefficient (Wildman–Crippen LogP) is 5.77. The lowest BCUT2D eigenvalue weighted by atomic mass is 10.1. The summed E-state index contributed by atoms with van der Waals surface area (Å²) in [4.78, 5) is 10.8. The van der Waals surface area contributed by atoms with Gasteiger partial charge in [-0.1, -0.05) is 28.1 Å². The zero-order valence-electron chi connectivity index (χ0n) is 13.9. The molecular formula is C19H17BrN4S. The molecule has 2 atom stereocenters. The van der Waals surface area contributed by atoms with Crippen LogP contribution in [0.2, 0.25) is 0 Å². The van der Waals surface area contributed by atoms with Crippen LogP contribution in [0, 0.1) is 11.3 Å². The van der Waals surface area contributed by atoms with Crippen LogP contribution in [-0.4, -0.2) is 9.97 Å². The molecule has 1 aromatic carbocycles. The Labute approximate surface area is 159 Å². The second kappa shape index (κ2) is 7.77. The second-order valence-corrected chi connectivity index (χ2v) is 7.79. The van der Waals surface area contributed by atoms with Gasteiger partial charge in [-0.3, -0.25) is 0 Å². The lowest BCUT2D eigenvalue weighted by Crippen LogP contribution is -2.08. The molecule has 0 saturated carbocycles. The molecule has 0 saturated heterocycles. The van der Waals surface area contributed by atoms with Crippen molar-refractivity contribution in [2.24, 2.45) is 0 Å². The second-order valence-electron chi connectivity index (χ2n) is 5.76. The minimum atomic E-state index is -0.101. The van der Waals surface area contributed by atoms with Gasteiger partial charge in [-0.25, -0.2) is 9.97 Å². The molecule has 126 valence electrons. The number of benzene rings is 1. The first-order valence-corrected chi connectivity index (χ1v) is 9.51. The molecule has 2 aromatic heterocycles. The normalized spacial score (nSPS) is 13.0. The largest absolute Gasteiger partial charge is 0.363 e. The molecule has 0 bridgehead atoms. The fourth-order valence-corrected chi connectivity index (χ4v) is 3.65. The first-order valence-electron chi connectivity index (χ1n) is 7.90. The molecule has 6 heteroatoms. The van der Waals surface area contributed by atoms with Gasteiger partial charge in [0.2, 0.25) is 0 Å². The van der Waals surface area contributed by atoms with E-state index in [0.717, 1.165) is 25.7 Å². The molecule has 0 radical (unpaired) electrons. The maximum atomic E-state index is 9.05. The summed E-state index contributed by atoms with van der Waals surface area (Å²) < 4.78 is 1.06. The Bertz CT molecular complexity index is 898. The van der Waals surface area contributed by atoms with E-state index < -0.39 is 0 Å². The summed E-state index contributed by atoms with van der Waals surface area (Å²) in [5.74, 6) is 0.680. The van der Waals surface area contributed by atoms with Crippen LogP contribution in [0.4, 0.5) is 5.82 Å². The highest BCUT2D eigenvalue weighted by atomic mass is 79.9. The van der Waals surface area contributed by atoms with Crippen LogP contribution in [0.1, 0.15) is 36.2 Å². The number of halogens is 1. The summed E-state index contributed by atoms with van der Waals surface area (Å²) in [6, 6.07) is 16.6. The van der Waals surface area contributed by atoms with Gasteiger partial charge in [-0.2, -0.15) is 5.26 Å². The Morgan fingerprint density at radius 2 is 1.88 bits per heavy atom. The molecule has 25 heavy (non-hydrogen) atoms. The van der Waals surface area contributed by atoms with Crippen molar-refractivity contribution in [2.45, 2.75) is 25.8 Å². The SMILES string of the molecule is CC(C#N)c1ccc(-c2cc(NC(C)c3ccc(Br)cc3)ncn2)s1. The zero-order chi connectivity index (χ0) is 17.8. The molecule has 4 nitrogen and oxygen atoms in total. The Balaban J connectivity index is 1.78. The quantitative estimate of drug-likeness (QED) is 0.577. The predicted molar refractivity (Wildman–Crippen MR) is 106 cm³/mol. The molecule has 0 fully saturated rings. The van der Waals surface area contributed by atoms with E-state index in [1.807, 2.05) is 37.3 Å². The molecule has 0 aliphatic rings. The summed E-state index contributed by atoms with van der Waals surface area (Å²) in [5.41, 5.74) is 2.05. The summed E-state index contributed by atoms with van der Waals surface area (Å²) in [6.45, 7) is 4.01. The Morgan fingerprint density at radius 3 is 2.60 bits per heavy atom. The van der Waals surface area contributed by atoms with Crippen LogP contribution < -0.4 is 5.32 Å². The highest BCUT2D eigenvalue weighted by Gasteiger charge is 2.11. The van der Waals surface area contributed by atoms with Gasteiger partial charge < -0.3 is 5.32 Å². The van der Waals surface area contributed by atoms with E-state index in [-0.39, 0.29) is 12.0 Å². The Kier molecular flexibility index (Phi) is 5.47. The molecule has 0 aliphatic carbocycles. The highest BCUT2D eigenvalue weighted by molar-refractivity contribution is 9.10. The number of hydrogen-bond donors (Lipinski definition) is 1. The maximum absolute atomic E-state index is 9.05. The molecular weight excluding hydrogens is 396 g/mol. The van der Waals surface area contributed by atoms with Crippen molar-refractivity contribution < 1.29 is 0 Å². The van der Waals surface area contributed by atoms with Crippen LogP contribution in [0.5, 0.6) is 0 Å². The van der Waals surface area contributed by atoms with Gasteiger partial charge in [-0.05, 0) is 43.7 Å². The van der Waals surface area contributed by atoms with Gasteiger partial charge in [0.25, 0.3) is 0 Å². The lowest BCUT2D eigenvalue weighted by Gasteiger charge is -2.15. The maximum Gasteiger partial charge on any atom is 0.130 e. The van der Waals surface area contributed by atoms with Crippen LogP contribution >= 0.6 is 27.3 Å². The number of thiophene rings is 1. The van der Waals surface area contributed by atoms with Gasteiger partial charge in [0.05, 0.1) is 22.6 Å². The molecule has 3 rings (SSSR count). The molecule has 3 aromatic rings. The van der Waals surface area contributed by atoms with E-state index in [2.05, 4.69) is 56.3 Å². The van der Waals surface area contributed by atoms with Crippen LogP contribution in [-0.2, 0) is 0 Å². The van der Waals surface area contributed by atoms with E-state index in [0.29, 0.717) is 0 Å². The van der Waals surface area contributed by atoms with Gasteiger partial charge in [-0.15, -0.1) is 11.3 Å². The van der Waals surface area contributed by atoms with Gasteiger partial charge >= 0.3 is 0 Å². The van der Waals surface area contributed by atoms with Gasteiger partial charge in [0.15, 0.2) is 0 Å². The summed E-state index contributed by atoms with van der Waals surface area (Å²) in [6.07, 6.45) is 1.57. The van der Waals surface area contributed by atoms with E-state index in [1.54, 1.807) is 17.7 Å². The van der Waals surface area contributed by atoms with Crippen molar-refractivity contribution in [1.29, 1.82) is 5.26 Å². The summed E-state index contributed by atoms with van der Waals surface area (Å²) in [5, 5.41) is 12.5. The van der Waals surface area contributed by atoms with Gasteiger partial charge in [0, 0.05) is 21.5 Å². The number of nitrogens with one attached hydrogen (secondary N) is 1. The van der Waals surface area contributed by atoms with Crippen LogP contribution in [0.3, 0.4) is 0 Å². The third-order valence-electron chi connectivity index (χ3n) is 3.90. The molecule has 2 unspecified atom stereocenters. The zero-order valence-corrected chi connectivity index (χ0v) is 16.3.